The standard InChI is InChI=1S/C27H36N4O3/c1-6-29-11-13-30(14-12-29)18-27(32)31-25(23-10-9-22(33-4)16-26(23)34-5)17-24(28-31)21-8-7-19(2)20(3)15-21/h7-10,15-16,25H,6,11-14,17-18H2,1-5H3/t25-/m1/s1. The normalized spacial score (nSPS) is 19.3. The maximum Gasteiger partial charge on any atom is 0.257 e. The molecule has 7 heteroatoms. The average molecular weight is 465 g/mol. The molecule has 2 aromatic rings. The lowest BCUT2D eigenvalue weighted by Crippen LogP contribution is -2.49. The Kier molecular flexibility index (Phi) is 7.54. The van der Waals surface area contributed by atoms with E-state index in [0.29, 0.717) is 18.7 Å². The van der Waals surface area contributed by atoms with Crippen LogP contribution in [0.3, 0.4) is 0 Å². The Balaban J connectivity index is 1.63. The number of benzene rings is 2. The molecule has 1 fully saturated rings. The molecule has 0 aromatic heterocycles. The first-order valence-corrected chi connectivity index (χ1v) is 12.1. The van der Waals surface area contributed by atoms with Crippen molar-refractivity contribution in [2.75, 3.05) is 53.5 Å². The zero-order chi connectivity index (χ0) is 24.2. The van der Waals surface area contributed by atoms with Crippen molar-refractivity contribution in [1.82, 2.24) is 14.8 Å². The second kappa shape index (κ2) is 10.6. The van der Waals surface area contributed by atoms with Crippen LogP contribution in [-0.2, 0) is 4.79 Å². The van der Waals surface area contributed by atoms with Crippen molar-refractivity contribution in [2.45, 2.75) is 33.2 Å². The molecule has 1 saturated heterocycles. The number of hydrogen-bond acceptors (Lipinski definition) is 6. The number of methoxy groups -OCH3 is 2. The van der Waals surface area contributed by atoms with E-state index in [0.717, 1.165) is 55.3 Å². The number of amides is 1. The number of likely N-dealkylation sites (N-methyl/N-ethyl adjacent to an activating group) is 1. The first-order valence-electron chi connectivity index (χ1n) is 12.1. The predicted molar refractivity (Wildman–Crippen MR) is 135 cm³/mol. The minimum Gasteiger partial charge on any atom is -0.497 e. The number of hydrogen-bond donors (Lipinski definition) is 0. The molecule has 0 spiro atoms. The largest absolute Gasteiger partial charge is 0.497 e. The Morgan fingerprint density at radius 3 is 2.35 bits per heavy atom. The zero-order valence-electron chi connectivity index (χ0n) is 21.0. The minimum absolute atomic E-state index is 0.0200. The highest BCUT2D eigenvalue weighted by Crippen LogP contribution is 2.39. The maximum absolute atomic E-state index is 13.6. The highest BCUT2D eigenvalue weighted by atomic mass is 16.5. The molecule has 2 heterocycles. The van der Waals surface area contributed by atoms with E-state index in [9.17, 15) is 4.79 Å². The molecule has 182 valence electrons. The third-order valence-corrected chi connectivity index (χ3v) is 7.08. The van der Waals surface area contributed by atoms with Gasteiger partial charge in [0.1, 0.15) is 11.5 Å². The summed E-state index contributed by atoms with van der Waals surface area (Å²) in [5.41, 5.74) is 5.39. The first-order chi connectivity index (χ1) is 16.4. The topological polar surface area (TPSA) is 57.6 Å². The summed E-state index contributed by atoms with van der Waals surface area (Å²) in [4.78, 5) is 18.2. The summed E-state index contributed by atoms with van der Waals surface area (Å²) in [5, 5.41) is 6.56. The summed E-state index contributed by atoms with van der Waals surface area (Å²) in [5.74, 6) is 1.45. The molecule has 0 N–H and O–H groups in total. The lowest BCUT2D eigenvalue weighted by atomic mass is 9.96. The molecule has 2 aliphatic heterocycles. The highest BCUT2D eigenvalue weighted by molar-refractivity contribution is 6.03. The molecular formula is C27H36N4O3. The molecule has 34 heavy (non-hydrogen) atoms. The van der Waals surface area contributed by atoms with Crippen molar-refractivity contribution in [3.63, 3.8) is 0 Å². The SMILES string of the molecule is CCN1CCN(CC(=O)N2N=C(c3ccc(C)c(C)c3)C[C@@H]2c2ccc(OC)cc2OC)CC1. The van der Waals surface area contributed by atoms with Crippen LogP contribution in [0.15, 0.2) is 41.5 Å². The molecule has 1 amide bonds. The lowest BCUT2D eigenvalue weighted by molar-refractivity contribution is -0.134. The van der Waals surface area contributed by atoms with Crippen LogP contribution in [0.1, 0.15) is 41.6 Å². The molecule has 0 bridgehead atoms. The molecule has 2 aromatic carbocycles. The number of ether oxygens (including phenoxy) is 2. The third kappa shape index (κ3) is 5.10. The van der Waals surface area contributed by atoms with Crippen LogP contribution < -0.4 is 9.47 Å². The van der Waals surface area contributed by atoms with E-state index < -0.39 is 0 Å². The molecule has 0 aliphatic carbocycles. The number of piperazine rings is 1. The van der Waals surface area contributed by atoms with E-state index in [2.05, 4.69) is 48.8 Å². The number of carbonyl (C=O) groups is 1. The first kappa shape index (κ1) is 24.2. The van der Waals surface area contributed by atoms with Gasteiger partial charge in [0.05, 0.1) is 32.5 Å². The van der Waals surface area contributed by atoms with Gasteiger partial charge in [0, 0.05) is 44.2 Å². The summed E-state index contributed by atoms with van der Waals surface area (Å²) in [6.45, 7) is 11.6. The van der Waals surface area contributed by atoms with Crippen molar-refractivity contribution >= 4 is 11.6 Å². The van der Waals surface area contributed by atoms with Crippen molar-refractivity contribution < 1.29 is 14.3 Å². The van der Waals surface area contributed by atoms with E-state index in [4.69, 9.17) is 14.6 Å². The second-order valence-corrected chi connectivity index (χ2v) is 9.12. The molecule has 0 radical (unpaired) electrons. The van der Waals surface area contributed by atoms with Gasteiger partial charge in [-0.05, 0) is 55.3 Å². The third-order valence-electron chi connectivity index (χ3n) is 7.08. The fraction of sp³-hybridized carbons (Fsp3) is 0.481. The number of hydrazone groups is 1. The van der Waals surface area contributed by atoms with Crippen molar-refractivity contribution in [1.29, 1.82) is 0 Å². The summed E-state index contributed by atoms with van der Waals surface area (Å²) in [7, 11) is 3.29. The van der Waals surface area contributed by atoms with Gasteiger partial charge >= 0.3 is 0 Å². The van der Waals surface area contributed by atoms with Gasteiger partial charge in [-0.15, -0.1) is 0 Å². The van der Waals surface area contributed by atoms with Crippen LogP contribution in [0.2, 0.25) is 0 Å². The van der Waals surface area contributed by atoms with Crippen molar-refractivity contribution in [3.05, 3.63) is 58.7 Å². The van der Waals surface area contributed by atoms with Crippen molar-refractivity contribution in [2.24, 2.45) is 5.10 Å². The van der Waals surface area contributed by atoms with E-state index in [1.54, 1.807) is 19.2 Å². The Labute approximate surface area is 202 Å². The van der Waals surface area contributed by atoms with Gasteiger partial charge < -0.3 is 14.4 Å². The maximum atomic E-state index is 13.6. The second-order valence-electron chi connectivity index (χ2n) is 9.12. The summed E-state index contributed by atoms with van der Waals surface area (Å²) < 4.78 is 11.1. The van der Waals surface area contributed by atoms with Crippen LogP contribution in [0.5, 0.6) is 11.5 Å². The van der Waals surface area contributed by atoms with Gasteiger partial charge in [0.15, 0.2) is 0 Å². The van der Waals surface area contributed by atoms with E-state index in [1.165, 1.54) is 11.1 Å². The van der Waals surface area contributed by atoms with E-state index >= 15 is 0 Å². The van der Waals surface area contributed by atoms with Crippen LogP contribution in [0, 0.1) is 13.8 Å². The smallest absolute Gasteiger partial charge is 0.257 e. The number of nitrogens with zero attached hydrogens (tertiary/aromatic N) is 4. The summed E-state index contributed by atoms with van der Waals surface area (Å²) in [6, 6.07) is 11.9. The van der Waals surface area contributed by atoms with Gasteiger partial charge in [0.2, 0.25) is 0 Å². The van der Waals surface area contributed by atoms with Gasteiger partial charge in [-0.2, -0.15) is 5.10 Å². The molecule has 0 unspecified atom stereocenters. The Bertz CT molecular complexity index is 1060. The zero-order valence-corrected chi connectivity index (χ0v) is 21.0. The van der Waals surface area contributed by atoms with Gasteiger partial charge in [-0.25, -0.2) is 5.01 Å². The molecule has 0 saturated carbocycles. The van der Waals surface area contributed by atoms with Crippen LogP contribution in [0.4, 0.5) is 0 Å². The van der Waals surface area contributed by atoms with Crippen LogP contribution in [-0.4, -0.2) is 79.9 Å². The van der Waals surface area contributed by atoms with E-state index in [1.807, 2.05) is 18.2 Å². The fourth-order valence-electron chi connectivity index (χ4n) is 4.70. The average Bonchev–Trinajstić information content (AvgIpc) is 3.31. The highest BCUT2D eigenvalue weighted by Gasteiger charge is 2.36. The minimum atomic E-state index is -0.220. The number of rotatable bonds is 7. The molecular weight excluding hydrogens is 428 g/mol. The van der Waals surface area contributed by atoms with Gasteiger partial charge in [-0.3, -0.25) is 9.69 Å². The Morgan fingerprint density at radius 2 is 1.71 bits per heavy atom. The Hall–Kier alpha value is -2.90. The van der Waals surface area contributed by atoms with E-state index in [-0.39, 0.29) is 11.9 Å². The Morgan fingerprint density at radius 1 is 0.971 bits per heavy atom. The quantitative estimate of drug-likeness (QED) is 0.626. The fourth-order valence-corrected chi connectivity index (χ4v) is 4.70. The predicted octanol–water partition coefficient (Wildman–Crippen LogP) is 3.64. The lowest BCUT2D eigenvalue weighted by Gasteiger charge is -2.34. The molecule has 1 atom stereocenters. The molecule has 4 rings (SSSR count). The number of aryl methyl sites for hydroxylation is 2. The summed E-state index contributed by atoms with van der Waals surface area (Å²) >= 11 is 0. The summed E-state index contributed by atoms with van der Waals surface area (Å²) in [6.07, 6.45) is 0.639. The molecule has 7 nitrogen and oxygen atoms in total. The number of carbonyl (C=O) groups excluding carboxylic acids is 1. The monoisotopic (exact) mass is 464 g/mol. The molecule has 2 aliphatic rings. The van der Waals surface area contributed by atoms with Crippen molar-refractivity contribution in [3.8, 4) is 11.5 Å². The van der Waals surface area contributed by atoms with Crippen LogP contribution in [0.25, 0.3) is 0 Å². The van der Waals surface area contributed by atoms with Gasteiger partial charge in [-0.1, -0.05) is 19.1 Å². The van der Waals surface area contributed by atoms with Crippen LogP contribution >= 0.6 is 0 Å². The van der Waals surface area contributed by atoms with Gasteiger partial charge in [0.25, 0.3) is 5.91 Å².